The van der Waals surface area contributed by atoms with Gasteiger partial charge in [0, 0.05) is 25.3 Å². The number of fused-ring (bicyclic) bond motifs is 1. The molecule has 0 bridgehead atoms. The molecule has 0 aliphatic carbocycles. The predicted octanol–water partition coefficient (Wildman–Crippen LogP) is 2.17. The van der Waals surface area contributed by atoms with Crippen molar-refractivity contribution in [1.29, 1.82) is 0 Å². The van der Waals surface area contributed by atoms with Gasteiger partial charge in [-0.1, -0.05) is 48.5 Å². The fourth-order valence-electron chi connectivity index (χ4n) is 2.82. The first-order valence-corrected chi connectivity index (χ1v) is 9.13. The quantitative estimate of drug-likeness (QED) is 0.888. The zero-order valence-corrected chi connectivity index (χ0v) is 13.2. The summed E-state index contributed by atoms with van der Waals surface area (Å²) < 4.78 is 26.9. The third-order valence-corrected chi connectivity index (χ3v) is 5.24. The summed E-state index contributed by atoms with van der Waals surface area (Å²) in [7, 11) is -3.28. The molecule has 0 radical (unpaired) electrons. The van der Waals surface area contributed by atoms with E-state index >= 15 is 0 Å². The van der Waals surface area contributed by atoms with Gasteiger partial charge in [0.1, 0.15) is 0 Å². The van der Waals surface area contributed by atoms with Gasteiger partial charge in [0.2, 0.25) is 10.0 Å². The van der Waals surface area contributed by atoms with Crippen molar-refractivity contribution >= 4 is 15.7 Å². The minimum absolute atomic E-state index is 0.0322. The van der Waals surface area contributed by atoms with E-state index in [1.165, 1.54) is 11.3 Å². The van der Waals surface area contributed by atoms with Crippen LogP contribution in [0.4, 0.5) is 5.69 Å². The van der Waals surface area contributed by atoms with Crippen LogP contribution in [0.15, 0.2) is 54.6 Å². The molecule has 5 heteroatoms. The SMILES string of the molecule is O=S(=O)(Cc1ccccc1)NCCN1CCc2ccccc21. The second kappa shape index (κ2) is 6.50. The minimum atomic E-state index is -3.28. The molecule has 3 rings (SSSR count). The topological polar surface area (TPSA) is 49.4 Å². The molecule has 4 nitrogen and oxygen atoms in total. The van der Waals surface area contributed by atoms with Crippen LogP contribution in [-0.4, -0.2) is 28.1 Å². The number of rotatable bonds is 6. The Morgan fingerprint density at radius 1 is 1.00 bits per heavy atom. The van der Waals surface area contributed by atoms with E-state index in [4.69, 9.17) is 0 Å². The highest BCUT2D eigenvalue weighted by atomic mass is 32.2. The second-order valence-corrected chi connectivity index (χ2v) is 7.31. The van der Waals surface area contributed by atoms with Crippen molar-refractivity contribution in [3.63, 3.8) is 0 Å². The maximum atomic E-state index is 12.1. The number of nitrogens with zero attached hydrogens (tertiary/aromatic N) is 1. The molecule has 0 spiro atoms. The van der Waals surface area contributed by atoms with E-state index in [9.17, 15) is 8.42 Å². The highest BCUT2D eigenvalue weighted by Crippen LogP contribution is 2.26. The maximum absolute atomic E-state index is 12.1. The van der Waals surface area contributed by atoms with Crippen molar-refractivity contribution < 1.29 is 8.42 Å². The summed E-state index contributed by atoms with van der Waals surface area (Å²) in [6, 6.07) is 17.6. The molecular weight excluding hydrogens is 296 g/mol. The van der Waals surface area contributed by atoms with E-state index in [0.717, 1.165) is 18.5 Å². The van der Waals surface area contributed by atoms with E-state index in [1.54, 1.807) is 0 Å². The van der Waals surface area contributed by atoms with Gasteiger partial charge in [0.15, 0.2) is 0 Å². The van der Waals surface area contributed by atoms with Gasteiger partial charge in [0.25, 0.3) is 0 Å². The molecule has 116 valence electrons. The molecule has 1 heterocycles. The van der Waals surface area contributed by atoms with Crippen LogP contribution in [0.2, 0.25) is 0 Å². The van der Waals surface area contributed by atoms with Crippen LogP contribution >= 0.6 is 0 Å². The number of hydrogen-bond donors (Lipinski definition) is 1. The molecule has 1 aliphatic rings. The zero-order valence-electron chi connectivity index (χ0n) is 12.4. The lowest BCUT2D eigenvalue weighted by Gasteiger charge is -2.19. The van der Waals surface area contributed by atoms with E-state index in [2.05, 4.69) is 21.8 Å². The summed E-state index contributed by atoms with van der Waals surface area (Å²) in [5.41, 5.74) is 3.38. The number of para-hydroxylation sites is 1. The summed E-state index contributed by atoms with van der Waals surface area (Å²) in [6.07, 6.45) is 1.03. The molecule has 0 fully saturated rings. The Kier molecular flexibility index (Phi) is 4.45. The third kappa shape index (κ3) is 3.67. The van der Waals surface area contributed by atoms with Gasteiger partial charge in [-0.2, -0.15) is 0 Å². The largest absolute Gasteiger partial charge is 0.370 e. The van der Waals surface area contributed by atoms with Crippen LogP contribution < -0.4 is 9.62 Å². The van der Waals surface area contributed by atoms with Gasteiger partial charge >= 0.3 is 0 Å². The number of nitrogens with one attached hydrogen (secondary N) is 1. The van der Waals surface area contributed by atoms with Gasteiger partial charge in [-0.15, -0.1) is 0 Å². The minimum Gasteiger partial charge on any atom is -0.370 e. The van der Waals surface area contributed by atoms with Crippen molar-refractivity contribution in [2.24, 2.45) is 0 Å². The molecule has 0 saturated heterocycles. The molecular formula is C17H20N2O2S. The number of sulfonamides is 1. The van der Waals surface area contributed by atoms with Gasteiger partial charge in [-0.25, -0.2) is 13.1 Å². The fourth-order valence-corrected chi connectivity index (χ4v) is 3.96. The Hall–Kier alpha value is -1.85. The van der Waals surface area contributed by atoms with E-state index in [1.807, 2.05) is 42.5 Å². The Balaban J connectivity index is 1.53. The summed E-state index contributed by atoms with van der Waals surface area (Å²) >= 11 is 0. The van der Waals surface area contributed by atoms with E-state index < -0.39 is 10.0 Å². The molecule has 2 aromatic carbocycles. The lowest BCUT2D eigenvalue weighted by molar-refractivity contribution is 0.580. The lowest BCUT2D eigenvalue weighted by atomic mass is 10.2. The molecule has 1 N–H and O–H groups in total. The van der Waals surface area contributed by atoms with Crippen LogP contribution in [-0.2, 0) is 22.2 Å². The fraction of sp³-hybridized carbons (Fsp3) is 0.294. The molecule has 0 unspecified atom stereocenters. The Labute approximate surface area is 131 Å². The highest BCUT2D eigenvalue weighted by Gasteiger charge is 2.18. The van der Waals surface area contributed by atoms with Crippen LogP contribution in [0.1, 0.15) is 11.1 Å². The molecule has 2 aromatic rings. The van der Waals surface area contributed by atoms with Crippen LogP contribution in [0, 0.1) is 0 Å². The van der Waals surface area contributed by atoms with Gasteiger partial charge < -0.3 is 4.90 Å². The summed E-state index contributed by atoms with van der Waals surface area (Å²) in [5, 5.41) is 0. The van der Waals surface area contributed by atoms with Crippen LogP contribution in [0.3, 0.4) is 0 Å². The summed E-state index contributed by atoms with van der Waals surface area (Å²) in [5.74, 6) is 0.0322. The Morgan fingerprint density at radius 2 is 1.73 bits per heavy atom. The second-order valence-electron chi connectivity index (χ2n) is 5.50. The van der Waals surface area contributed by atoms with Crippen LogP contribution in [0.5, 0.6) is 0 Å². The third-order valence-electron chi connectivity index (χ3n) is 3.89. The average molecular weight is 316 g/mol. The average Bonchev–Trinajstić information content (AvgIpc) is 2.91. The molecule has 0 saturated carbocycles. The Bertz CT molecular complexity index is 729. The summed E-state index contributed by atoms with van der Waals surface area (Å²) in [4.78, 5) is 2.24. The Morgan fingerprint density at radius 3 is 2.55 bits per heavy atom. The van der Waals surface area contributed by atoms with Crippen LogP contribution in [0.25, 0.3) is 0 Å². The molecule has 1 aliphatic heterocycles. The number of anilines is 1. The first-order valence-electron chi connectivity index (χ1n) is 7.48. The van der Waals surface area contributed by atoms with Crippen molar-refractivity contribution in [2.75, 3.05) is 24.5 Å². The van der Waals surface area contributed by atoms with Gasteiger partial charge in [0.05, 0.1) is 5.75 Å². The maximum Gasteiger partial charge on any atom is 0.215 e. The molecule has 0 atom stereocenters. The molecule has 22 heavy (non-hydrogen) atoms. The van der Waals surface area contributed by atoms with Gasteiger partial charge in [-0.05, 0) is 23.6 Å². The highest BCUT2D eigenvalue weighted by molar-refractivity contribution is 7.88. The van der Waals surface area contributed by atoms with Crippen molar-refractivity contribution in [3.8, 4) is 0 Å². The molecule has 0 amide bonds. The first kappa shape index (κ1) is 15.1. The predicted molar refractivity (Wildman–Crippen MR) is 89.4 cm³/mol. The smallest absolute Gasteiger partial charge is 0.215 e. The van der Waals surface area contributed by atoms with E-state index in [-0.39, 0.29) is 5.75 Å². The van der Waals surface area contributed by atoms with Gasteiger partial charge in [-0.3, -0.25) is 0 Å². The van der Waals surface area contributed by atoms with Crippen molar-refractivity contribution in [3.05, 3.63) is 65.7 Å². The standard InChI is InChI=1S/C17H20N2O2S/c20-22(21,14-15-6-2-1-3-7-15)18-11-13-19-12-10-16-8-4-5-9-17(16)19/h1-9,18H,10-14H2. The monoisotopic (exact) mass is 316 g/mol. The van der Waals surface area contributed by atoms with E-state index in [0.29, 0.717) is 13.1 Å². The summed E-state index contributed by atoms with van der Waals surface area (Å²) in [6.45, 7) is 2.09. The molecule has 0 aromatic heterocycles. The normalized spacial score (nSPS) is 14.1. The van der Waals surface area contributed by atoms with Crippen molar-refractivity contribution in [2.45, 2.75) is 12.2 Å². The lowest BCUT2D eigenvalue weighted by Crippen LogP contribution is -2.34. The number of hydrogen-bond acceptors (Lipinski definition) is 3. The number of benzene rings is 2. The van der Waals surface area contributed by atoms with Crippen molar-refractivity contribution in [1.82, 2.24) is 4.72 Å². The zero-order chi connectivity index (χ0) is 15.4. The first-order chi connectivity index (χ1) is 10.6.